The SMILES string of the molecule is Cc1ccc(C(C)(C)C)cc1Nc1nc(NCCN2C=NCN2)nc2ncn(C)c12. The van der Waals surface area contributed by atoms with Crippen LogP contribution in [-0.2, 0) is 12.5 Å². The lowest BCUT2D eigenvalue weighted by Crippen LogP contribution is -2.35. The Morgan fingerprint density at radius 1 is 1.20 bits per heavy atom. The first-order valence-corrected chi connectivity index (χ1v) is 10.1. The van der Waals surface area contributed by atoms with Crippen LogP contribution in [0.2, 0.25) is 0 Å². The highest BCUT2D eigenvalue weighted by Gasteiger charge is 2.17. The molecule has 0 bridgehead atoms. The van der Waals surface area contributed by atoms with Crippen molar-refractivity contribution >= 4 is 35.0 Å². The Morgan fingerprint density at radius 2 is 2.03 bits per heavy atom. The third kappa shape index (κ3) is 4.20. The van der Waals surface area contributed by atoms with Crippen LogP contribution in [0, 0.1) is 6.92 Å². The molecule has 0 radical (unpaired) electrons. The van der Waals surface area contributed by atoms with Gasteiger partial charge in [-0.25, -0.2) is 10.4 Å². The van der Waals surface area contributed by atoms with E-state index in [-0.39, 0.29) is 5.41 Å². The van der Waals surface area contributed by atoms with Crippen LogP contribution in [0.15, 0.2) is 29.5 Å². The van der Waals surface area contributed by atoms with Crippen LogP contribution in [0.4, 0.5) is 17.5 Å². The number of aryl methyl sites for hydroxylation is 2. The molecule has 158 valence electrons. The second-order valence-electron chi connectivity index (χ2n) is 8.56. The number of rotatable bonds is 6. The fourth-order valence-electron chi connectivity index (χ4n) is 3.31. The summed E-state index contributed by atoms with van der Waals surface area (Å²) in [6, 6.07) is 6.53. The highest BCUT2D eigenvalue weighted by molar-refractivity contribution is 5.87. The van der Waals surface area contributed by atoms with Crippen LogP contribution >= 0.6 is 0 Å². The molecule has 9 nitrogen and oxygen atoms in total. The van der Waals surface area contributed by atoms with E-state index in [0.29, 0.717) is 24.8 Å². The van der Waals surface area contributed by atoms with Gasteiger partial charge >= 0.3 is 0 Å². The maximum absolute atomic E-state index is 4.76. The first kappa shape index (κ1) is 20.1. The van der Waals surface area contributed by atoms with Crippen molar-refractivity contribution in [1.82, 2.24) is 30.0 Å². The molecule has 2 aromatic heterocycles. The van der Waals surface area contributed by atoms with E-state index in [2.05, 4.69) is 76.9 Å². The summed E-state index contributed by atoms with van der Waals surface area (Å²) in [5.74, 6) is 1.28. The van der Waals surface area contributed by atoms with Crippen molar-refractivity contribution in [2.45, 2.75) is 33.1 Å². The molecule has 9 heteroatoms. The zero-order valence-electron chi connectivity index (χ0n) is 18.2. The number of imidazole rings is 1. The second-order valence-corrected chi connectivity index (χ2v) is 8.56. The first-order chi connectivity index (χ1) is 14.3. The smallest absolute Gasteiger partial charge is 0.226 e. The zero-order valence-corrected chi connectivity index (χ0v) is 18.2. The van der Waals surface area contributed by atoms with Crippen molar-refractivity contribution in [3.05, 3.63) is 35.7 Å². The Morgan fingerprint density at radius 3 is 2.77 bits per heavy atom. The quantitative estimate of drug-likeness (QED) is 0.578. The Bertz CT molecular complexity index is 1080. The maximum Gasteiger partial charge on any atom is 0.226 e. The molecule has 3 aromatic rings. The van der Waals surface area contributed by atoms with Gasteiger partial charge in [-0.05, 0) is 29.5 Å². The van der Waals surface area contributed by atoms with Crippen molar-refractivity contribution < 1.29 is 0 Å². The summed E-state index contributed by atoms with van der Waals surface area (Å²) in [6.07, 6.45) is 3.56. The van der Waals surface area contributed by atoms with Crippen LogP contribution in [0.3, 0.4) is 0 Å². The molecule has 30 heavy (non-hydrogen) atoms. The van der Waals surface area contributed by atoms with Gasteiger partial charge in [-0.2, -0.15) is 9.97 Å². The monoisotopic (exact) mass is 407 g/mol. The number of aliphatic imine (C=N–C) groups is 1. The number of aromatic nitrogens is 4. The fraction of sp³-hybridized carbons (Fsp3) is 0.429. The number of nitrogens with zero attached hydrogens (tertiary/aromatic N) is 6. The fourth-order valence-corrected chi connectivity index (χ4v) is 3.31. The summed E-state index contributed by atoms with van der Waals surface area (Å²) in [6.45, 7) is 10.8. The summed E-state index contributed by atoms with van der Waals surface area (Å²) in [5.41, 5.74) is 8.20. The molecule has 3 N–H and O–H groups in total. The van der Waals surface area contributed by atoms with E-state index in [4.69, 9.17) is 4.98 Å². The molecule has 1 aromatic carbocycles. The van der Waals surface area contributed by atoms with E-state index in [0.717, 1.165) is 29.1 Å². The van der Waals surface area contributed by atoms with Gasteiger partial charge < -0.3 is 15.2 Å². The standard InChI is InChI=1S/C21H29N9/c1-14-6-7-15(21(2,3)4)10-16(14)26-19-17-18(24-13-29(17)5)27-20(28-19)23-8-9-30-12-22-11-25-30/h6-7,10,12-13,25H,8-9,11H2,1-5H3,(H2,23,26,27,28). The Balaban J connectivity index is 1.62. The minimum Gasteiger partial charge on any atom is -0.352 e. The molecule has 0 saturated carbocycles. The molecule has 1 aliphatic heterocycles. The van der Waals surface area contributed by atoms with E-state index in [1.807, 2.05) is 16.6 Å². The molecule has 0 aliphatic carbocycles. The largest absolute Gasteiger partial charge is 0.352 e. The van der Waals surface area contributed by atoms with Crippen LogP contribution in [0.5, 0.6) is 0 Å². The van der Waals surface area contributed by atoms with E-state index in [1.54, 1.807) is 12.7 Å². The summed E-state index contributed by atoms with van der Waals surface area (Å²) in [5, 5.41) is 8.76. The molecule has 0 fully saturated rings. The van der Waals surface area contributed by atoms with E-state index in [9.17, 15) is 0 Å². The van der Waals surface area contributed by atoms with Gasteiger partial charge in [0.1, 0.15) is 18.5 Å². The molecule has 0 unspecified atom stereocenters. The minimum absolute atomic E-state index is 0.0667. The van der Waals surface area contributed by atoms with Gasteiger partial charge in [0.25, 0.3) is 0 Å². The van der Waals surface area contributed by atoms with Crippen molar-refractivity contribution in [3.63, 3.8) is 0 Å². The predicted octanol–water partition coefficient (Wildman–Crippen LogP) is 2.93. The van der Waals surface area contributed by atoms with Gasteiger partial charge in [0.15, 0.2) is 11.5 Å². The summed E-state index contributed by atoms with van der Waals surface area (Å²) in [7, 11) is 1.95. The van der Waals surface area contributed by atoms with Crippen molar-refractivity contribution in [2.24, 2.45) is 12.0 Å². The van der Waals surface area contributed by atoms with Crippen LogP contribution in [0.1, 0.15) is 31.9 Å². The number of benzene rings is 1. The molecule has 0 atom stereocenters. The van der Waals surface area contributed by atoms with Crippen LogP contribution in [-0.4, -0.2) is 50.6 Å². The highest BCUT2D eigenvalue weighted by atomic mass is 15.6. The minimum atomic E-state index is 0.0667. The van der Waals surface area contributed by atoms with Gasteiger partial charge in [0.05, 0.1) is 12.9 Å². The number of hydrazine groups is 1. The molecular formula is C21H29N9. The third-order valence-electron chi connectivity index (χ3n) is 5.15. The van der Waals surface area contributed by atoms with Gasteiger partial charge in [0, 0.05) is 19.3 Å². The van der Waals surface area contributed by atoms with Gasteiger partial charge in [0.2, 0.25) is 5.95 Å². The normalized spacial score (nSPS) is 14.0. The lowest BCUT2D eigenvalue weighted by atomic mass is 9.86. The number of nitrogens with one attached hydrogen (secondary N) is 3. The lowest BCUT2D eigenvalue weighted by molar-refractivity contribution is 0.361. The van der Waals surface area contributed by atoms with E-state index >= 15 is 0 Å². The molecule has 1 aliphatic rings. The van der Waals surface area contributed by atoms with Crippen LogP contribution < -0.4 is 16.1 Å². The molecule has 4 rings (SSSR count). The van der Waals surface area contributed by atoms with Crippen LogP contribution in [0.25, 0.3) is 11.2 Å². The topological polar surface area (TPSA) is 95.3 Å². The van der Waals surface area contributed by atoms with E-state index in [1.165, 1.54) is 5.56 Å². The predicted molar refractivity (Wildman–Crippen MR) is 121 cm³/mol. The zero-order chi connectivity index (χ0) is 21.3. The molecule has 0 saturated heterocycles. The lowest BCUT2D eigenvalue weighted by Gasteiger charge is -2.21. The number of hydrogen-bond acceptors (Lipinski definition) is 8. The molecule has 0 spiro atoms. The highest BCUT2D eigenvalue weighted by Crippen LogP contribution is 2.30. The number of anilines is 3. The maximum atomic E-state index is 4.76. The Hall–Kier alpha value is -3.20. The number of hydrogen-bond donors (Lipinski definition) is 3. The average molecular weight is 408 g/mol. The first-order valence-electron chi connectivity index (χ1n) is 10.1. The molecule has 0 amide bonds. The van der Waals surface area contributed by atoms with Gasteiger partial charge in [-0.1, -0.05) is 32.9 Å². The summed E-state index contributed by atoms with van der Waals surface area (Å²) >= 11 is 0. The van der Waals surface area contributed by atoms with Gasteiger partial charge in [-0.3, -0.25) is 10.0 Å². The molecule has 3 heterocycles. The number of fused-ring (bicyclic) bond motifs is 1. The molecular weight excluding hydrogens is 378 g/mol. The average Bonchev–Trinajstić information content (AvgIpc) is 3.33. The summed E-state index contributed by atoms with van der Waals surface area (Å²) in [4.78, 5) is 17.9. The van der Waals surface area contributed by atoms with Crippen molar-refractivity contribution in [3.8, 4) is 0 Å². The summed E-state index contributed by atoms with van der Waals surface area (Å²) < 4.78 is 1.94. The van der Waals surface area contributed by atoms with Crippen molar-refractivity contribution in [2.75, 3.05) is 30.4 Å². The Kier molecular flexibility index (Phi) is 5.29. The van der Waals surface area contributed by atoms with Crippen molar-refractivity contribution in [1.29, 1.82) is 0 Å². The third-order valence-corrected chi connectivity index (χ3v) is 5.15. The van der Waals surface area contributed by atoms with E-state index < -0.39 is 0 Å². The van der Waals surface area contributed by atoms with Gasteiger partial charge in [-0.15, -0.1) is 0 Å². The Labute approximate surface area is 176 Å². The second kappa shape index (κ2) is 7.91.